The minimum atomic E-state index is -0.0931. The molecule has 122 valence electrons. The lowest BCUT2D eigenvalue weighted by atomic mass is 10.1. The molecule has 0 radical (unpaired) electrons. The number of amides is 1. The van der Waals surface area contributed by atoms with Gasteiger partial charge in [-0.3, -0.25) is 14.7 Å². The van der Waals surface area contributed by atoms with Crippen molar-refractivity contribution in [2.45, 2.75) is 26.8 Å². The smallest absolute Gasteiger partial charge is 0.256 e. The van der Waals surface area contributed by atoms with Crippen molar-refractivity contribution in [1.82, 2.24) is 20.4 Å². The lowest BCUT2D eigenvalue weighted by molar-refractivity contribution is 0.0945. The zero-order valence-corrected chi connectivity index (χ0v) is 13.6. The highest BCUT2D eigenvalue weighted by atomic mass is 16.5. The van der Waals surface area contributed by atoms with Crippen LogP contribution in [0.15, 0.2) is 28.9 Å². The lowest BCUT2D eigenvalue weighted by Gasteiger charge is -2.15. The fourth-order valence-corrected chi connectivity index (χ4v) is 3.08. The number of aromatic nitrogens is 2. The van der Waals surface area contributed by atoms with Gasteiger partial charge in [0.25, 0.3) is 5.91 Å². The number of carbonyl (C=O) groups excluding carboxylic acids is 1. The van der Waals surface area contributed by atoms with E-state index in [0.29, 0.717) is 29.5 Å². The summed E-state index contributed by atoms with van der Waals surface area (Å²) in [5.74, 6) is 0.954. The summed E-state index contributed by atoms with van der Waals surface area (Å²) >= 11 is 0. The van der Waals surface area contributed by atoms with Gasteiger partial charge in [-0.2, -0.15) is 0 Å². The summed E-state index contributed by atoms with van der Waals surface area (Å²) < 4.78 is 5.05. The van der Waals surface area contributed by atoms with Crippen LogP contribution in [0.5, 0.6) is 0 Å². The van der Waals surface area contributed by atoms with E-state index in [1.807, 2.05) is 24.4 Å². The number of carbonyl (C=O) groups is 1. The van der Waals surface area contributed by atoms with Crippen molar-refractivity contribution in [3.63, 3.8) is 0 Å². The Hall–Kier alpha value is -2.21. The van der Waals surface area contributed by atoms with Crippen molar-refractivity contribution in [3.05, 3.63) is 47.1 Å². The van der Waals surface area contributed by atoms with Crippen LogP contribution in [0, 0.1) is 19.8 Å². The summed E-state index contributed by atoms with van der Waals surface area (Å²) in [7, 11) is 0. The number of likely N-dealkylation sites (tertiary alicyclic amines) is 1. The highest BCUT2D eigenvalue weighted by Crippen LogP contribution is 2.18. The first-order valence-corrected chi connectivity index (χ1v) is 7.97. The summed E-state index contributed by atoms with van der Waals surface area (Å²) in [4.78, 5) is 19.0. The molecule has 1 aliphatic heterocycles. The molecule has 6 heteroatoms. The molecule has 0 saturated carbocycles. The fourth-order valence-electron chi connectivity index (χ4n) is 3.08. The van der Waals surface area contributed by atoms with Crippen LogP contribution in [0.1, 0.15) is 33.9 Å². The van der Waals surface area contributed by atoms with Gasteiger partial charge in [-0.25, -0.2) is 0 Å². The molecule has 23 heavy (non-hydrogen) atoms. The van der Waals surface area contributed by atoms with E-state index in [1.54, 1.807) is 13.8 Å². The standard InChI is InChI=1S/C17H22N4O2/c1-12-16(13(2)23-20-12)17(22)19-9-14-6-8-21(10-14)11-15-5-3-4-7-18-15/h3-5,7,14H,6,8-11H2,1-2H3,(H,19,22). The van der Waals surface area contributed by atoms with E-state index in [9.17, 15) is 4.79 Å². The van der Waals surface area contributed by atoms with Crippen molar-refractivity contribution >= 4 is 5.91 Å². The summed E-state index contributed by atoms with van der Waals surface area (Å²) in [5, 5.41) is 6.84. The average molecular weight is 314 g/mol. The van der Waals surface area contributed by atoms with Crippen LogP contribution in [0.3, 0.4) is 0 Å². The highest BCUT2D eigenvalue weighted by Gasteiger charge is 2.24. The monoisotopic (exact) mass is 314 g/mol. The molecule has 6 nitrogen and oxygen atoms in total. The minimum absolute atomic E-state index is 0.0931. The quantitative estimate of drug-likeness (QED) is 0.913. The molecule has 0 bridgehead atoms. The second kappa shape index (κ2) is 6.91. The summed E-state index contributed by atoms with van der Waals surface area (Å²) in [6.45, 7) is 7.13. The first-order chi connectivity index (χ1) is 11.1. The number of aryl methyl sites for hydroxylation is 2. The van der Waals surface area contributed by atoms with Crippen molar-refractivity contribution in [2.24, 2.45) is 5.92 Å². The zero-order chi connectivity index (χ0) is 16.2. The molecule has 0 aliphatic carbocycles. The second-order valence-corrected chi connectivity index (χ2v) is 6.12. The van der Waals surface area contributed by atoms with E-state index in [2.05, 4.69) is 20.4 Å². The normalized spacial score (nSPS) is 18.3. The lowest BCUT2D eigenvalue weighted by Crippen LogP contribution is -2.31. The Bertz CT molecular complexity index is 649. The number of hydrogen-bond acceptors (Lipinski definition) is 5. The van der Waals surface area contributed by atoms with Crippen LogP contribution in [0.4, 0.5) is 0 Å². The van der Waals surface area contributed by atoms with Gasteiger partial charge in [-0.15, -0.1) is 0 Å². The first kappa shape index (κ1) is 15.7. The van der Waals surface area contributed by atoms with Crippen LogP contribution in [-0.4, -0.2) is 40.6 Å². The van der Waals surface area contributed by atoms with Gasteiger partial charge >= 0.3 is 0 Å². The molecular formula is C17H22N4O2. The third-order valence-electron chi connectivity index (χ3n) is 4.29. The SMILES string of the molecule is Cc1noc(C)c1C(=O)NCC1CCN(Cc2ccccn2)C1. The number of rotatable bonds is 5. The molecule has 1 N–H and O–H groups in total. The fraction of sp³-hybridized carbons (Fsp3) is 0.471. The van der Waals surface area contributed by atoms with Crippen LogP contribution in [-0.2, 0) is 6.54 Å². The van der Waals surface area contributed by atoms with Crippen molar-refractivity contribution in [3.8, 4) is 0 Å². The van der Waals surface area contributed by atoms with Crippen molar-refractivity contribution < 1.29 is 9.32 Å². The van der Waals surface area contributed by atoms with Gasteiger partial charge in [0.2, 0.25) is 0 Å². The molecule has 1 saturated heterocycles. The van der Waals surface area contributed by atoms with Crippen LogP contribution < -0.4 is 5.32 Å². The predicted octanol–water partition coefficient (Wildman–Crippen LogP) is 1.94. The van der Waals surface area contributed by atoms with Crippen molar-refractivity contribution in [2.75, 3.05) is 19.6 Å². The Kier molecular flexibility index (Phi) is 4.71. The zero-order valence-electron chi connectivity index (χ0n) is 13.6. The number of hydrogen-bond donors (Lipinski definition) is 1. The Balaban J connectivity index is 1.48. The minimum Gasteiger partial charge on any atom is -0.361 e. The van der Waals surface area contributed by atoms with Gasteiger partial charge in [-0.1, -0.05) is 11.2 Å². The third kappa shape index (κ3) is 3.76. The summed E-state index contributed by atoms with van der Waals surface area (Å²) in [5.41, 5.74) is 2.30. The molecule has 2 aromatic heterocycles. The van der Waals surface area contributed by atoms with E-state index < -0.39 is 0 Å². The Morgan fingerprint density at radius 3 is 3.00 bits per heavy atom. The van der Waals surface area contributed by atoms with E-state index in [0.717, 1.165) is 31.7 Å². The molecule has 0 aromatic carbocycles. The summed E-state index contributed by atoms with van der Waals surface area (Å²) in [6.07, 6.45) is 2.92. The van der Waals surface area contributed by atoms with E-state index >= 15 is 0 Å². The predicted molar refractivity (Wildman–Crippen MR) is 85.9 cm³/mol. The molecule has 3 heterocycles. The number of pyridine rings is 1. The molecule has 1 unspecified atom stereocenters. The summed E-state index contributed by atoms with van der Waals surface area (Å²) in [6, 6.07) is 5.99. The van der Waals surface area contributed by atoms with E-state index in [-0.39, 0.29) is 5.91 Å². The Labute approximate surface area is 135 Å². The molecule has 0 spiro atoms. The van der Waals surface area contributed by atoms with Crippen LogP contribution in [0.25, 0.3) is 0 Å². The van der Waals surface area contributed by atoms with Crippen molar-refractivity contribution in [1.29, 1.82) is 0 Å². The molecule has 3 rings (SSSR count). The topological polar surface area (TPSA) is 71.3 Å². The first-order valence-electron chi connectivity index (χ1n) is 7.97. The average Bonchev–Trinajstić information content (AvgIpc) is 3.13. The molecule has 2 aromatic rings. The van der Waals surface area contributed by atoms with Gasteiger partial charge in [-0.05, 0) is 44.9 Å². The maximum atomic E-state index is 12.2. The van der Waals surface area contributed by atoms with E-state index in [4.69, 9.17) is 4.52 Å². The molecule has 1 fully saturated rings. The van der Waals surface area contributed by atoms with Gasteiger partial charge in [0.15, 0.2) is 0 Å². The Morgan fingerprint density at radius 1 is 1.43 bits per heavy atom. The molecule has 1 aliphatic rings. The van der Waals surface area contributed by atoms with Crippen LogP contribution >= 0.6 is 0 Å². The third-order valence-corrected chi connectivity index (χ3v) is 4.29. The van der Waals surface area contributed by atoms with E-state index in [1.165, 1.54) is 0 Å². The number of nitrogens with zero attached hydrogens (tertiary/aromatic N) is 3. The highest BCUT2D eigenvalue weighted by molar-refractivity contribution is 5.96. The van der Waals surface area contributed by atoms with Gasteiger partial charge in [0.05, 0.1) is 11.4 Å². The van der Waals surface area contributed by atoms with Gasteiger partial charge in [0.1, 0.15) is 11.3 Å². The van der Waals surface area contributed by atoms with Crippen LogP contribution in [0.2, 0.25) is 0 Å². The maximum Gasteiger partial charge on any atom is 0.256 e. The second-order valence-electron chi connectivity index (χ2n) is 6.12. The maximum absolute atomic E-state index is 12.2. The van der Waals surface area contributed by atoms with Gasteiger partial charge in [0, 0.05) is 25.8 Å². The molecule has 1 atom stereocenters. The van der Waals surface area contributed by atoms with Gasteiger partial charge < -0.3 is 9.84 Å². The largest absolute Gasteiger partial charge is 0.361 e. The molecule has 1 amide bonds. The number of nitrogens with one attached hydrogen (secondary N) is 1. The molecular weight excluding hydrogens is 292 g/mol. The Morgan fingerprint density at radius 2 is 2.30 bits per heavy atom.